The van der Waals surface area contributed by atoms with Crippen molar-refractivity contribution in [1.82, 2.24) is 0 Å². The maximum absolute atomic E-state index is 2.33. The molecule has 2 heteroatoms. The van der Waals surface area contributed by atoms with Crippen molar-refractivity contribution < 1.29 is 0 Å². The predicted octanol–water partition coefficient (Wildman–Crippen LogP) is 14.4. The molecule has 0 unspecified atom stereocenters. The van der Waals surface area contributed by atoms with Crippen molar-refractivity contribution in [2.24, 2.45) is 0 Å². The Morgan fingerprint density at radius 1 is 0.345 bits per heavy atom. The fourth-order valence-corrected chi connectivity index (χ4v) is 8.06. The van der Waals surface area contributed by atoms with Crippen LogP contribution in [0.4, 0.5) is 11.4 Å². The third kappa shape index (κ3) is 7.53. The maximum atomic E-state index is 2.33. The molecule has 0 bridgehead atoms. The normalized spacial score (nSPS) is 11.4. The van der Waals surface area contributed by atoms with Crippen LogP contribution < -0.4 is 9.80 Å². The second-order valence-corrected chi connectivity index (χ2v) is 15.5. The Morgan fingerprint density at radius 3 is 1.31 bits per heavy atom. The summed E-state index contributed by atoms with van der Waals surface area (Å²) in [5, 5.41) is 7.43. The lowest BCUT2D eigenvalue weighted by Crippen LogP contribution is -2.10. The van der Waals surface area contributed by atoms with Crippen LogP contribution in [0.15, 0.2) is 188 Å². The summed E-state index contributed by atoms with van der Waals surface area (Å²) in [6.45, 7) is 0. The van der Waals surface area contributed by atoms with Crippen molar-refractivity contribution in [2.45, 2.75) is 0 Å². The largest absolute Gasteiger partial charge is 0.377 e. The molecule has 0 aromatic heterocycles. The molecule has 0 aliphatic rings. The fraction of sp³-hybridized carbons (Fsp3) is 0.0714. The highest BCUT2D eigenvalue weighted by atomic mass is 15.1. The van der Waals surface area contributed by atoms with Crippen LogP contribution in [0.1, 0.15) is 27.8 Å². The van der Waals surface area contributed by atoms with E-state index in [9.17, 15) is 0 Å². The highest BCUT2D eigenvalue weighted by molar-refractivity contribution is 5.99. The van der Waals surface area contributed by atoms with E-state index < -0.39 is 0 Å². The van der Waals surface area contributed by atoms with Gasteiger partial charge in [-0.2, -0.15) is 0 Å². The molecule has 9 rings (SSSR count). The molecule has 9 aromatic carbocycles. The molecule has 0 amide bonds. The number of benzene rings is 9. The van der Waals surface area contributed by atoms with Gasteiger partial charge in [0.25, 0.3) is 0 Å². The van der Waals surface area contributed by atoms with Gasteiger partial charge in [-0.05, 0) is 125 Å². The summed E-state index contributed by atoms with van der Waals surface area (Å²) >= 11 is 0. The Balaban J connectivity index is 0.992. The van der Waals surface area contributed by atoms with Gasteiger partial charge in [-0.15, -0.1) is 0 Å². The number of fused-ring (bicyclic) bond motifs is 3. The molecule has 0 fully saturated rings. The minimum absolute atomic E-state index is 1.17. The molecule has 280 valence electrons. The summed E-state index contributed by atoms with van der Waals surface area (Å²) in [6.07, 6.45) is 6.75. The Kier molecular flexibility index (Phi) is 9.91. The van der Waals surface area contributed by atoms with E-state index in [0.29, 0.717) is 0 Å². The lowest BCUT2D eigenvalue weighted by molar-refractivity contribution is 1.14. The molecule has 0 radical (unpaired) electrons. The van der Waals surface area contributed by atoms with E-state index in [4.69, 9.17) is 0 Å². The van der Waals surface area contributed by atoms with Crippen LogP contribution in [-0.2, 0) is 0 Å². The second kappa shape index (κ2) is 15.8. The average Bonchev–Trinajstić information content (AvgIpc) is 3.27. The van der Waals surface area contributed by atoms with Crippen molar-refractivity contribution in [3.8, 4) is 22.3 Å². The minimum atomic E-state index is 1.17. The van der Waals surface area contributed by atoms with Gasteiger partial charge in [-0.1, -0.05) is 158 Å². The standard InChI is InChI=1S/C56H46N2/c1-57(2)55-37-50-31-39(19-20-40-24-28-48-36-54(56(58(3)4)38-51(48)32-40)49-30-29-42-13-11-12-18-46(42)34-49)23-27-47(50)35-53(55)45-25-21-41(22-26-45)33-52(43-14-7-5-8-15-43)44-16-9-6-10-17-44/h5-38H,1-4H3. The van der Waals surface area contributed by atoms with E-state index in [0.717, 1.165) is 0 Å². The van der Waals surface area contributed by atoms with E-state index in [1.54, 1.807) is 0 Å². The molecular formula is C56H46N2. The first-order valence-electron chi connectivity index (χ1n) is 20.0. The van der Waals surface area contributed by atoms with Gasteiger partial charge >= 0.3 is 0 Å². The molecule has 0 N–H and O–H groups in total. The minimum Gasteiger partial charge on any atom is -0.377 e. The molecule has 0 atom stereocenters. The van der Waals surface area contributed by atoms with E-state index in [1.807, 2.05) is 0 Å². The van der Waals surface area contributed by atoms with Gasteiger partial charge in [0.2, 0.25) is 0 Å². The monoisotopic (exact) mass is 746 g/mol. The van der Waals surface area contributed by atoms with Crippen LogP contribution in [0.25, 0.3) is 78.4 Å². The van der Waals surface area contributed by atoms with Gasteiger partial charge in [0.1, 0.15) is 0 Å². The van der Waals surface area contributed by atoms with E-state index in [1.165, 1.54) is 99.3 Å². The van der Waals surface area contributed by atoms with Crippen molar-refractivity contribution >= 4 is 67.5 Å². The number of hydrogen-bond acceptors (Lipinski definition) is 2. The fourth-order valence-electron chi connectivity index (χ4n) is 8.06. The van der Waals surface area contributed by atoms with Crippen molar-refractivity contribution in [2.75, 3.05) is 38.0 Å². The molecule has 58 heavy (non-hydrogen) atoms. The van der Waals surface area contributed by atoms with Gasteiger partial charge in [0.15, 0.2) is 0 Å². The topological polar surface area (TPSA) is 6.48 Å². The first-order valence-corrected chi connectivity index (χ1v) is 20.0. The number of nitrogens with zero attached hydrogens (tertiary/aromatic N) is 2. The van der Waals surface area contributed by atoms with Crippen molar-refractivity contribution in [3.63, 3.8) is 0 Å². The molecule has 0 spiro atoms. The summed E-state index contributed by atoms with van der Waals surface area (Å²) in [5.74, 6) is 0. The predicted molar refractivity (Wildman–Crippen MR) is 254 cm³/mol. The van der Waals surface area contributed by atoms with Crippen LogP contribution in [-0.4, -0.2) is 28.2 Å². The van der Waals surface area contributed by atoms with Crippen molar-refractivity contribution in [3.05, 3.63) is 216 Å². The highest BCUT2D eigenvalue weighted by Crippen LogP contribution is 2.38. The van der Waals surface area contributed by atoms with Crippen LogP contribution in [0, 0.1) is 0 Å². The van der Waals surface area contributed by atoms with Crippen LogP contribution in [0.5, 0.6) is 0 Å². The van der Waals surface area contributed by atoms with Gasteiger partial charge < -0.3 is 9.80 Å². The Bertz CT molecular complexity index is 2930. The van der Waals surface area contributed by atoms with Crippen molar-refractivity contribution in [1.29, 1.82) is 0 Å². The van der Waals surface area contributed by atoms with Gasteiger partial charge in [0.05, 0.1) is 0 Å². The molecule has 2 nitrogen and oxygen atoms in total. The zero-order chi connectivity index (χ0) is 39.6. The molecule has 0 saturated carbocycles. The quantitative estimate of drug-likeness (QED) is 0.136. The molecule has 0 aliphatic carbocycles. The van der Waals surface area contributed by atoms with Gasteiger partial charge in [0, 0.05) is 50.7 Å². The summed E-state index contributed by atoms with van der Waals surface area (Å²) in [5.41, 5.74) is 14.5. The Labute approximate surface area is 342 Å². The Hall–Kier alpha value is -7.16. The smallest absolute Gasteiger partial charge is 0.0447 e. The molecular weight excluding hydrogens is 701 g/mol. The number of hydrogen-bond donors (Lipinski definition) is 0. The zero-order valence-corrected chi connectivity index (χ0v) is 33.5. The summed E-state index contributed by atoms with van der Waals surface area (Å²) in [4.78, 5) is 4.44. The van der Waals surface area contributed by atoms with Crippen LogP contribution in [0.2, 0.25) is 0 Å². The van der Waals surface area contributed by atoms with E-state index in [-0.39, 0.29) is 0 Å². The SMILES string of the molecule is CN(C)c1cc2cc(C=Cc3ccc4cc(-c5ccc6ccccc6c5)c(N(C)C)cc4c3)ccc2cc1-c1ccc(C=C(c2ccccc2)c2ccccc2)cc1. The third-order valence-electron chi connectivity index (χ3n) is 11.2. The summed E-state index contributed by atoms with van der Waals surface area (Å²) < 4.78 is 0. The third-order valence-corrected chi connectivity index (χ3v) is 11.2. The first-order chi connectivity index (χ1) is 28.4. The number of rotatable bonds is 9. The summed E-state index contributed by atoms with van der Waals surface area (Å²) in [6, 6.07) is 68.4. The van der Waals surface area contributed by atoms with E-state index >= 15 is 0 Å². The van der Waals surface area contributed by atoms with Crippen LogP contribution in [0.3, 0.4) is 0 Å². The number of anilines is 2. The van der Waals surface area contributed by atoms with Crippen LogP contribution >= 0.6 is 0 Å². The highest BCUT2D eigenvalue weighted by Gasteiger charge is 2.13. The average molecular weight is 747 g/mol. The molecule has 0 heterocycles. The molecule has 0 aliphatic heterocycles. The lowest BCUT2D eigenvalue weighted by Gasteiger charge is -2.19. The lowest BCUT2D eigenvalue weighted by atomic mass is 9.94. The van der Waals surface area contributed by atoms with Gasteiger partial charge in [-0.25, -0.2) is 0 Å². The maximum Gasteiger partial charge on any atom is 0.0447 e. The molecule has 0 saturated heterocycles. The first kappa shape index (κ1) is 36.5. The zero-order valence-electron chi connectivity index (χ0n) is 33.5. The van der Waals surface area contributed by atoms with Gasteiger partial charge in [-0.3, -0.25) is 0 Å². The van der Waals surface area contributed by atoms with E-state index in [2.05, 4.69) is 244 Å². The Morgan fingerprint density at radius 2 is 0.776 bits per heavy atom. The summed E-state index contributed by atoms with van der Waals surface area (Å²) in [7, 11) is 8.51. The second-order valence-electron chi connectivity index (χ2n) is 15.5. The molecule has 9 aromatic rings.